The van der Waals surface area contributed by atoms with E-state index in [0.29, 0.717) is 28.6 Å². The minimum absolute atomic E-state index is 0.331. The number of primary amides is 1. The van der Waals surface area contributed by atoms with Crippen LogP contribution in [0.4, 0.5) is 5.69 Å². The number of benzene rings is 1. The van der Waals surface area contributed by atoms with Gasteiger partial charge in [-0.05, 0) is 26.0 Å². The van der Waals surface area contributed by atoms with Crippen LogP contribution in [0.3, 0.4) is 0 Å². The molecule has 0 unspecified atom stereocenters. The normalized spacial score (nSPS) is 10.5. The molecule has 1 heterocycles. The average Bonchev–Trinajstić information content (AvgIpc) is 2.57. The first kappa shape index (κ1) is 11.1. The molecule has 0 saturated heterocycles. The Kier molecular flexibility index (Phi) is 2.55. The molecule has 17 heavy (non-hydrogen) atoms. The van der Waals surface area contributed by atoms with E-state index in [1.165, 1.54) is 4.68 Å². The van der Waals surface area contributed by atoms with E-state index in [-0.39, 0.29) is 0 Å². The van der Waals surface area contributed by atoms with E-state index in [1.54, 1.807) is 32.0 Å². The van der Waals surface area contributed by atoms with E-state index in [9.17, 15) is 4.79 Å². The number of hydrogen-bond acceptors (Lipinski definition) is 4. The van der Waals surface area contributed by atoms with Crippen LogP contribution in [0.1, 0.15) is 22.0 Å². The van der Waals surface area contributed by atoms with Gasteiger partial charge in [0.2, 0.25) is 0 Å². The predicted molar refractivity (Wildman–Crippen MR) is 63.8 cm³/mol. The Morgan fingerprint density at radius 3 is 2.59 bits per heavy atom. The van der Waals surface area contributed by atoms with Crippen LogP contribution >= 0.6 is 0 Å². The fourth-order valence-corrected chi connectivity index (χ4v) is 1.73. The molecule has 1 aromatic heterocycles. The first-order valence-electron chi connectivity index (χ1n) is 5.09. The molecule has 0 bridgehead atoms. The number of rotatable bonds is 2. The van der Waals surface area contributed by atoms with E-state index in [0.717, 1.165) is 0 Å². The van der Waals surface area contributed by atoms with Gasteiger partial charge in [-0.15, -0.1) is 0 Å². The molecule has 0 radical (unpaired) electrons. The molecule has 6 nitrogen and oxygen atoms in total. The van der Waals surface area contributed by atoms with Crippen LogP contribution in [-0.2, 0) is 0 Å². The lowest BCUT2D eigenvalue weighted by Crippen LogP contribution is -2.17. The highest BCUT2D eigenvalue weighted by molar-refractivity contribution is 5.98. The smallest absolute Gasteiger partial charge is 0.250 e. The van der Waals surface area contributed by atoms with Crippen LogP contribution in [-0.4, -0.2) is 20.7 Å². The highest BCUT2D eigenvalue weighted by Crippen LogP contribution is 2.22. The molecule has 6 heteroatoms. The molecule has 0 fully saturated rings. The van der Waals surface area contributed by atoms with Gasteiger partial charge in [0.25, 0.3) is 5.91 Å². The summed E-state index contributed by atoms with van der Waals surface area (Å²) < 4.78 is 1.53. The van der Waals surface area contributed by atoms with Crippen LogP contribution in [0.5, 0.6) is 0 Å². The lowest BCUT2D eigenvalue weighted by molar-refractivity contribution is 0.1000. The fourth-order valence-electron chi connectivity index (χ4n) is 1.73. The number of nitrogens with zero attached hydrogens (tertiary/aromatic N) is 3. The third-order valence-electron chi connectivity index (χ3n) is 2.42. The van der Waals surface area contributed by atoms with Gasteiger partial charge in [-0.3, -0.25) is 4.79 Å². The lowest BCUT2D eigenvalue weighted by atomic mass is 10.1. The van der Waals surface area contributed by atoms with Crippen LogP contribution in [0, 0.1) is 13.8 Å². The summed E-state index contributed by atoms with van der Waals surface area (Å²) in [6.07, 6.45) is 0. The Morgan fingerprint density at radius 2 is 2.06 bits per heavy atom. The standard InChI is InChI=1S/C11H13N5O/c1-6-14-7(2)16(15-6)10-8(11(13)17)4-3-5-9(10)12/h3-5H,12H2,1-2H3,(H2,13,17). The summed E-state index contributed by atoms with van der Waals surface area (Å²) in [6.45, 7) is 3.56. The largest absolute Gasteiger partial charge is 0.397 e. The molecular weight excluding hydrogens is 218 g/mol. The zero-order valence-corrected chi connectivity index (χ0v) is 9.64. The minimum atomic E-state index is -0.542. The Morgan fingerprint density at radius 1 is 1.35 bits per heavy atom. The second-order valence-corrected chi connectivity index (χ2v) is 3.73. The topological polar surface area (TPSA) is 99.8 Å². The number of anilines is 1. The number of para-hydroxylation sites is 1. The molecule has 0 atom stereocenters. The molecule has 2 rings (SSSR count). The second-order valence-electron chi connectivity index (χ2n) is 3.73. The van der Waals surface area contributed by atoms with Crippen LogP contribution in [0.25, 0.3) is 5.69 Å². The van der Waals surface area contributed by atoms with Gasteiger partial charge in [-0.1, -0.05) is 6.07 Å². The first-order chi connectivity index (χ1) is 8.00. The van der Waals surface area contributed by atoms with Crippen molar-refractivity contribution in [3.8, 4) is 5.69 Å². The van der Waals surface area contributed by atoms with Crippen LogP contribution in [0.2, 0.25) is 0 Å². The number of hydrogen-bond donors (Lipinski definition) is 2. The number of nitrogen functional groups attached to an aromatic ring is 1. The van der Waals surface area contributed by atoms with Gasteiger partial charge in [-0.2, -0.15) is 5.10 Å². The van der Waals surface area contributed by atoms with Crippen LogP contribution < -0.4 is 11.5 Å². The van der Waals surface area contributed by atoms with Gasteiger partial charge in [0.05, 0.1) is 11.3 Å². The van der Waals surface area contributed by atoms with Crippen molar-refractivity contribution in [1.82, 2.24) is 14.8 Å². The maximum absolute atomic E-state index is 11.4. The van der Waals surface area contributed by atoms with Gasteiger partial charge in [0.15, 0.2) is 0 Å². The van der Waals surface area contributed by atoms with Crippen molar-refractivity contribution in [3.63, 3.8) is 0 Å². The summed E-state index contributed by atoms with van der Waals surface area (Å²) in [6, 6.07) is 4.99. The van der Waals surface area contributed by atoms with E-state index in [1.807, 2.05) is 0 Å². The maximum Gasteiger partial charge on any atom is 0.250 e. The second kappa shape index (κ2) is 3.89. The van der Waals surface area contributed by atoms with Crippen molar-refractivity contribution in [2.24, 2.45) is 5.73 Å². The summed E-state index contributed by atoms with van der Waals surface area (Å²) in [4.78, 5) is 15.5. The zero-order chi connectivity index (χ0) is 12.6. The summed E-state index contributed by atoms with van der Waals surface area (Å²) in [5.74, 6) is 0.726. The lowest BCUT2D eigenvalue weighted by Gasteiger charge is -2.10. The van der Waals surface area contributed by atoms with Gasteiger partial charge in [0.1, 0.15) is 17.3 Å². The number of aryl methyl sites for hydroxylation is 2. The minimum Gasteiger partial charge on any atom is -0.397 e. The quantitative estimate of drug-likeness (QED) is 0.738. The van der Waals surface area contributed by atoms with Gasteiger partial charge < -0.3 is 11.5 Å². The van der Waals surface area contributed by atoms with Crippen molar-refractivity contribution in [3.05, 3.63) is 35.4 Å². The highest BCUT2D eigenvalue weighted by Gasteiger charge is 2.16. The summed E-state index contributed by atoms with van der Waals surface area (Å²) in [7, 11) is 0. The van der Waals surface area contributed by atoms with Crippen molar-refractivity contribution < 1.29 is 4.79 Å². The number of nitrogens with two attached hydrogens (primary N) is 2. The first-order valence-corrected chi connectivity index (χ1v) is 5.09. The number of carbonyl (C=O) groups excluding carboxylic acids is 1. The fraction of sp³-hybridized carbons (Fsp3) is 0.182. The maximum atomic E-state index is 11.4. The SMILES string of the molecule is Cc1nc(C)n(-c2c(N)cccc2C(N)=O)n1. The Bertz CT molecular complexity index is 588. The molecule has 0 aliphatic rings. The van der Waals surface area contributed by atoms with Crippen molar-refractivity contribution in [2.75, 3.05) is 5.73 Å². The van der Waals surface area contributed by atoms with Gasteiger partial charge >= 0.3 is 0 Å². The molecular formula is C11H13N5O. The molecule has 1 amide bonds. The van der Waals surface area contributed by atoms with Crippen LogP contribution in [0.15, 0.2) is 18.2 Å². The Balaban J connectivity index is 2.74. The number of carbonyl (C=O) groups is 1. The van der Waals surface area contributed by atoms with Crippen molar-refractivity contribution in [1.29, 1.82) is 0 Å². The van der Waals surface area contributed by atoms with E-state index in [2.05, 4.69) is 10.1 Å². The Labute approximate surface area is 98.3 Å². The molecule has 4 N–H and O–H groups in total. The molecule has 0 aliphatic heterocycles. The third-order valence-corrected chi connectivity index (χ3v) is 2.42. The summed E-state index contributed by atoms with van der Waals surface area (Å²) in [5, 5.41) is 4.20. The van der Waals surface area contributed by atoms with Crippen molar-refractivity contribution in [2.45, 2.75) is 13.8 Å². The van der Waals surface area contributed by atoms with Gasteiger partial charge in [0, 0.05) is 0 Å². The molecule has 0 aliphatic carbocycles. The molecule has 2 aromatic rings. The molecule has 88 valence electrons. The third kappa shape index (κ3) is 1.84. The average molecular weight is 231 g/mol. The highest BCUT2D eigenvalue weighted by atomic mass is 16.1. The van der Waals surface area contributed by atoms with E-state index >= 15 is 0 Å². The molecule has 0 spiro atoms. The monoisotopic (exact) mass is 231 g/mol. The zero-order valence-electron chi connectivity index (χ0n) is 9.64. The summed E-state index contributed by atoms with van der Waals surface area (Å²) in [5.41, 5.74) is 12.4. The van der Waals surface area contributed by atoms with Crippen molar-refractivity contribution >= 4 is 11.6 Å². The number of amides is 1. The Hall–Kier alpha value is -2.37. The van der Waals surface area contributed by atoms with E-state index in [4.69, 9.17) is 11.5 Å². The van der Waals surface area contributed by atoms with Gasteiger partial charge in [-0.25, -0.2) is 9.67 Å². The summed E-state index contributed by atoms with van der Waals surface area (Å²) >= 11 is 0. The molecule has 1 aromatic carbocycles. The molecule has 0 saturated carbocycles. The van der Waals surface area contributed by atoms with E-state index < -0.39 is 5.91 Å². The number of aromatic nitrogens is 3. The predicted octanol–water partition coefficient (Wildman–Crippen LogP) is 0.565.